The molecule has 3 rings (SSSR count). The fraction of sp³-hybridized carbons (Fsp3) is 0.467. The summed E-state index contributed by atoms with van der Waals surface area (Å²) in [5.74, 6) is -0.480. The highest BCUT2D eigenvalue weighted by Crippen LogP contribution is 2.09. The average molecular weight is 368 g/mol. The Balaban J connectivity index is 1.59. The number of anilines is 1. The summed E-state index contributed by atoms with van der Waals surface area (Å²) in [5.41, 5.74) is 0.00393. The Kier molecular flexibility index (Phi) is 5.56. The summed E-state index contributed by atoms with van der Waals surface area (Å²) in [6.45, 7) is 1.48. The third-order valence-electron chi connectivity index (χ3n) is 3.80. The van der Waals surface area contributed by atoms with E-state index in [1.807, 2.05) is 0 Å². The number of nitrogens with one attached hydrogen (secondary N) is 1. The van der Waals surface area contributed by atoms with Crippen LogP contribution in [0.4, 0.5) is 14.6 Å². The standard InChI is InChI=1S/C15H18F2N6O3/c16-12(17)9-23-11(1-3-18-23)15(25)19-13-2-4-22(20-13)10-14(24)21-5-7-26-8-6-21/h1-4,12H,5-10H2,(H,19,20,25). The van der Waals surface area contributed by atoms with Crippen LogP contribution >= 0.6 is 0 Å². The first kappa shape index (κ1) is 18.0. The van der Waals surface area contributed by atoms with E-state index in [9.17, 15) is 18.4 Å². The van der Waals surface area contributed by atoms with Gasteiger partial charge in [-0.25, -0.2) is 8.78 Å². The quantitative estimate of drug-likeness (QED) is 0.799. The van der Waals surface area contributed by atoms with E-state index in [1.165, 1.54) is 23.0 Å². The van der Waals surface area contributed by atoms with Crippen molar-refractivity contribution in [2.45, 2.75) is 19.5 Å². The lowest BCUT2D eigenvalue weighted by Crippen LogP contribution is -2.42. The summed E-state index contributed by atoms with van der Waals surface area (Å²) >= 11 is 0. The predicted octanol–water partition coefficient (Wildman–Crippen LogP) is 0.456. The Morgan fingerprint density at radius 2 is 2.04 bits per heavy atom. The van der Waals surface area contributed by atoms with Crippen LogP contribution in [0.1, 0.15) is 10.5 Å². The molecule has 0 unspecified atom stereocenters. The molecule has 1 saturated heterocycles. The van der Waals surface area contributed by atoms with Gasteiger partial charge in [-0.2, -0.15) is 10.2 Å². The van der Waals surface area contributed by atoms with Gasteiger partial charge in [0, 0.05) is 31.5 Å². The number of morpholine rings is 1. The van der Waals surface area contributed by atoms with E-state index in [-0.39, 0.29) is 24.0 Å². The normalized spacial score (nSPS) is 14.7. The van der Waals surface area contributed by atoms with Crippen LogP contribution in [0, 0.1) is 0 Å². The molecule has 2 aromatic rings. The molecule has 2 aromatic heterocycles. The van der Waals surface area contributed by atoms with Gasteiger partial charge >= 0.3 is 0 Å². The second kappa shape index (κ2) is 8.04. The summed E-state index contributed by atoms with van der Waals surface area (Å²) in [4.78, 5) is 26.1. The molecular formula is C15H18F2N6O3. The Morgan fingerprint density at radius 3 is 2.77 bits per heavy atom. The van der Waals surface area contributed by atoms with Gasteiger partial charge in [0.1, 0.15) is 18.8 Å². The van der Waals surface area contributed by atoms with Crippen molar-refractivity contribution in [3.05, 3.63) is 30.2 Å². The van der Waals surface area contributed by atoms with E-state index in [1.54, 1.807) is 11.1 Å². The minimum absolute atomic E-state index is 0.00393. The largest absolute Gasteiger partial charge is 0.378 e. The molecule has 1 aliphatic rings. The number of nitrogens with zero attached hydrogens (tertiary/aromatic N) is 5. The van der Waals surface area contributed by atoms with E-state index in [0.29, 0.717) is 26.3 Å². The van der Waals surface area contributed by atoms with Crippen molar-refractivity contribution in [1.29, 1.82) is 0 Å². The number of alkyl halides is 2. The van der Waals surface area contributed by atoms with Gasteiger partial charge in [-0.05, 0) is 6.07 Å². The highest BCUT2D eigenvalue weighted by molar-refractivity contribution is 6.02. The van der Waals surface area contributed by atoms with Crippen LogP contribution in [0.15, 0.2) is 24.5 Å². The first-order valence-corrected chi connectivity index (χ1v) is 8.03. The van der Waals surface area contributed by atoms with Crippen LogP contribution < -0.4 is 5.32 Å². The maximum atomic E-state index is 12.5. The van der Waals surface area contributed by atoms with Crippen LogP contribution in [0.3, 0.4) is 0 Å². The van der Waals surface area contributed by atoms with Crippen LogP contribution in [0.25, 0.3) is 0 Å². The summed E-state index contributed by atoms with van der Waals surface area (Å²) in [6, 6.07) is 2.87. The molecule has 3 heterocycles. The minimum Gasteiger partial charge on any atom is -0.378 e. The maximum absolute atomic E-state index is 12.5. The molecule has 0 aliphatic carbocycles. The molecule has 0 aromatic carbocycles. The second-order valence-electron chi connectivity index (χ2n) is 5.64. The number of hydrogen-bond acceptors (Lipinski definition) is 5. The zero-order valence-electron chi connectivity index (χ0n) is 13.8. The van der Waals surface area contributed by atoms with E-state index in [2.05, 4.69) is 15.5 Å². The molecule has 140 valence electrons. The number of aromatic nitrogens is 4. The molecule has 0 spiro atoms. The molecular weight excluding hydrogens is 350 g/mol. The van der Waals surface area contributed by atoms with Crippen molar-refractivity contribution in [2.24, 2.45) is 0 Å². The summed E-state index contributed by atoms with van der Waals surface area (Å²) in [6.07, 6.45) is 0.216. The Bertz CT molecular complexity index is 769. The number of carbonyl (C=O) groups excluding carboxylic acids is 2. The fourth-order valence-electron chi connectivity index (χ4n) is 2.55. The molecule has 9 nitrogen and oxygen atoms in total. The lowest BCUT2D eigenvalue weighted by atomic mass is 10.4. The van der Waals surface area contributed by atoms with E-state index >= 15 is 0 Å². The van der Waals surface area contributed by atoms with Crippen molar-refractivity contribution in [1.82, 2.24) is 24.5 Å². The van der Waals surface area contributed by atoms with Crippen LogP contribution in [-0.2, 0) is 22.6 Å². The smallest absolute Gasteiger partial charge is 0.275 e. The van der Waals surface area contributed by atoms with Gasteiger partial charge < -0.3 is 15.0 Å². The summed E-state index contributed by atoms with van der Waals surface area (Å²) < 4.78 is 32.5. The molecule has 11 heteroatoms. The van der Waals surface area contributed by atoms with Crippen molar-refractivity contribution < 1.29 is 23.1 Å². The number of rotatable bonds is 6. The van der Waals surface area contributed by atoms with Crippen molar-refractivity contribution in [3.63, 3.8) is 0 Å². The lowest BCUT2D eigenvalue weighted by molar-refractivity contribution is -0.136. The topological polar surface area (TPSA) is 94.3 Å². The molecule has 2 amide bonds. The average Bonchev–Trinajstić information content (AvgIpc) is 3.24. The molecule has 0 radical (unpaired) electrons. The van der Waals surface area contributed by atoms with Crippen LogP contribution in [0.2, 0.25) is 0 Å². The number of carbonyl (C=O) groups is 2. The van der Waals surface area contributed by atoms with Gasteiger partial charge in [0.05, 0.1) is 13.2 Å². The van der Waals surface area contributed by atoms with Gasteiger partial charge in [-0.1, -0.05) is 0 Å². The predicted molar refractivity (Wildman–Crippen MR) is 85.8 cm³/mol. The van der Waals surface area contributed by atoms with Gasteiger partial charge in [0.25, 0.3) is 12.3 Å². The monoisotopic (exact) mass is 368 g/mol. The molecule has 26 heavy (non-hydrogen) atoms. The molecule has 0 atom stereocenters. The summed E-state index contributed by atoms with van der Waals surface area (Å²) in [7, 11) is 0. The number of hydrogen-bond donors (Lipinski definition) is 1. The van der Waals surface area contributed by atoms with Gasteiger partial charge in [0.15, 0.2) is 5.82 Å². The summed E-state index contributed by atoms with van der Waals surface area (Å²) in [5, 5.41) is 10.3. The zero-order chi connectivity index (χ0) is 18.5. The molecule has 1 N–H and O–H groups in total. The van der Waals surface area contributed by atoms with Crippen molar-refractivity contribution >= 4 is 17.6 Å². The maximum Gasteiger partial charge on any atom is 0.275 e. The van der Waals surface area contributed by atoms with Gasteiger partial charge in [0.2, 0.25) is 5.91 Å². The number of amides is 2. The van der Waals surface area contributed by atoms with Crippen LogP contribution in [-0.4, -0.2) is 69.0 Å². The Hall–Kier alpha value is -2.82. The SMILES string of the molecule is O=C(Nc1ccn(CC(=O)N2CCOCC2)n1)c1ccnn1CC(F)F. The first-order chi connectivity index (χ1) is 12.5. The van der Waals surface area contributed by atoms with E-state index in [0.717, 1.165) is 4.68 Å². The fourth-order valence-corrected chi connectivity index (χ4v) is 2.55. The van der Waals surface area contributed by atoms with Crippen molar-refractivity contribution in [3.8, 4) is 0 Å². The Labute approximate surface area is 147 Å². The van der Waals surface area contributed by atoms with Gasteiger partial charge in [-0.15, -0.1) is 0 Å². The third kappa shape index (κ3) is 4.42. The molecule has 1 fully saturated rings. The van der Waals surface area contributed by atoms with E-state index < -0.39 is 18.9 Å². The van der Waals surface area contributed by atoms with Crippen molar-refractivity contribution in [2.75, 3.05) is 31.6 Å². The minimum atomic E-state index is -2.62. The Morgan fingerprint density at radius 1 is 1.27 bits per heavy atom. The highest BCUT2D eigenvalue weighted by atomic mass is 19.3. The van der Waals surface area contributed by atoms with Gasteiger partial charge in [-0.3, -0.25) is 19.0 Å². The van der Waals surface area contributed by atoms with E-state index in [4.69, 9.17) is 4.74 Å². The second-order valence-corrected chi connectivity index (χ2v) is 5.64. The first-order valence-electron chi connectivity index (χ1n) is 8.03. The number of ether oxygens (including phenoxy) is 1. The third-order valence-corrected chi connectivity index (χ3v) is 3.80. The van der Waals surface area contributed by atoms with Crippen LogP contribution in [0.5, 0.6) is 0 Å². The molecule has 0 saturated carbocycles. The lowest BCUT2D eigenvalue weighted by Gasteiger charge is -2.26. The molecule has 0 bridgehead atoms. The highest BCUT2D eigenvalue weighted by Gasteiger charge is 2.19. The number of halogens is 2. The zero-order valence-corrected chi connectivity index (χ0v) is 13.8. The molecule has 1 aliphatic heterocycles.